The lowest BCUT2D eigenvalue weighted by Crippen LogP contribution is -2.34. The molecule has 2 heterocycles. The van der Waals surface area contributed by atoms with Crippen LogP contribution in [0, 0.1) is 22.7 Å². The molecule has 0 radical (unpaired) electrons. The van der Waals surface area contributed by atoms with E-state index in [2.05, 4.69) is 32.9 Å². The van der Waals surface area contributed by atoms with Crippen LogP contribution in [0.4, 0.5) is 5.82 Å². The van der Waals surface area contributed by atoms with Crippen LogP contribution < -0.4 is 10.6 Å². The van der Waals surface area contributed by atoms with Crippen molar-refractivity contribution in [2.24, 2.45) is 7.05 Å². The molecule has 8 nitrogen and oxygen atoms in total. The van der Waals surface area contributed by atoms with Gasteiger partial charge >= 0.3 is 0 Å². The SMILES string of the molecule is Cn1cc(-c2ccc(NC(=O)C(NCCc3ccc(C#N)cc3)c3ccc(C#N)cc3)nc2)cn1. The highest BCUT2D eigenvalue weighted by Gasteiger charge is 2.21. The minimum absolute atomic E-state index is 0.254. The Morgan fingerprint density at radius 3 is 2.20 bits per heavy atom. The molecule has 0 aliphatic rings. The molecule has 35 heavy (non-hydrogen) atoms. The number of aryl methyl sites for hydroxylation is 1. The molecule has 0 saturated carbocycles. The van der Waals surface area contributed by atoms with Crippen molar-refractivity contribution < 1.29 is 4.79 Å². The fourth-order valence-corrected chi connectivity index (χ4v) is 3.63. The Kier molecular flexibility index (Phi) is 7.27. The zero-order valence-corrected chi connectivity index (χ0v) is 19.1. The van der Waals surface area contributed by atoms with Gasteiger partial charge in [0.15, 0.2) is 0 Å². The van der Waals surface area contributed by atoms with Crippen LogP contribution in [0.2, 0.25) is 0 Å². The highest BCUT2D eigenvalue weighted by Crippen LogP contribution is 2.20. The first-order valence-electron chi connectivity index (χ1n) is 11.0. The number of nitriles is 2. The standard InChI is InChI=1S/C27H23N7O/c1-34-18-24(17-32-34)23-10-11-25(31-16-23)33-27(35)26(22-8-6-21(15-29)7-9-22)30-13-12-19-2-4-20(14-28)5-3-19/h2-11,16-18,26,30H,12-13H2,1H3,(H,31,33,35). The molecule has 2 N–H and O–H groups in total. The summed E-state index contributed by atoms with van der Waals surface area (Å²) in [6.07, 6.45) is 6.04. The van der Waals surface area contributed by atoms with Crippen molar-refractivity contribution >= 4 is 11.7 Å². The van der Waals surface area contributed by atoms with Crippen molar-refractivity contribution in [2.75, 3.05) is 11.9 Å². The molecule has 8 heteroatoms. The van der Waals surface area contributed by atoms with Crippen LogP contribution in [0.1, 0.15) is 28.3 Å². The average molecular weight is 462 g/mol. The molecule has 172 valence electrons. The second-order valence-electron chi connectivity index (χ2n) is 8.00. The van der Waals surface area contributed by atoms with E-state index in [4.69, 9.17) is 10.5 Å². The summed E-state index contributed by atoms with van der Waals surface area (Å²) in [4.78, 5) is 17.6. The largest absolute Gasteiger partial charge is 0.309 e. The van der Waals surface area contributed by atoms with Crippen molar-refractivity contribution in [3.63, 3.8) is 0 Å². The molecule has 1 unspecified atom stereocenters. The van der Waals surface area contributed by atoms with E-state index in [-0.39, 0.29) is 5.91 Å². The van der Waals surface area contributed by atoms with Crippen LogP contribution >= 0.6 is 0 Å². The number of nitrogens with one attached hydrogen (secondary N) is 2. The summed E-state index contributed by atoms with van der Waals surface area (Å²) in [7, 11) is 1.85. The summed E-state index contributed by atoms with van der Waals surface area (Å²) in [5, 5.41) is 28.4. The van der Waals surface area contributed by atoms with Gasteiger partial charge in [-0.25, -0.2) is 4.98 Å². The summed E-state index contributed by atoms with van der Waals surface area (Å²) in [5.41, 5.74) is 4.78. The van der Waals surface area contributed by atoms with E-state index < -0.39 is 6.04 Å². The van der Waals surface area contributed by atoms with Crippen LogP contribution in [-0.2, 0) is 18.3 Å². The van der Waals surface area contributed by atoms with Gasteiger partial charge in [0.1, 0.15) is 11.9 Å². The van der Waals surface area contributed by atoms with Crippen molar-refractivity contribution in [3.05, 3.63) is 102 Å². The topological polar surface area (TPSA) is 119 Å². The van der Waals surface area contributed by atoms with E-state index in [0.717, 1.165) is 22.3 Å². The fraction of sp³-hybridized carbons (Fsp3) is 0.148. The normalized spacial score (nSPS) is 11.3. The predicted octanol–water partition coefficient (Wildman–Crippen LogP) is 3.74. The maximum Gasteiger partial charge on any atom is 0.247 e. The number of rotatable bonds is 8. The van der Waals surface area contributed by atoms with Gasteiger partial charge in [0.25, 0.3) is 0 Å². The summed E-state index contributed by atoms with van der Waals surface area (Å²) in [5.74, 6) is 0.186. The number of anilines is 1. The molecule has 0 aliphatic heterocycles. The Morgan fingerprint density at radius 2 is 1.63 bits per heavy atom. The number of hydrogen-bond acceptors (Lipinski definition) is 6. The number of amides is 1. The van der Waals surface area contributed by atoms with E-state index in [0.29, 0.717) is 29.9 Å². The lowest BCUT2D eigenvalue weighted by molar-refractivity contribution is -0.118. The van der Waals surface area contributed by atoms with Gasteiger partial charge in [0, 0.05) is 37.1 Å². The Hall–Kier alpha value is -4.79. The number of nitrogens with zero attached hydrogens (tertiary/aromatic N) is 5. The Balaban J connectivity index is 1.46. The monoisotopic (exact) mass is 461 g/mol. The molecule has 4 rings (SSSR count). The number of carbonyl (C=O) groups excluding carboxylic acids is 1. The van der Waals surface area contributed by atoms with Gasteiger partial charge in [-0.05, 0) is 53.9 Å². The van der Waals surface area contributed by atoms with Gasteiger partial charge < -0.3 is 10.6 Å². The van der Waals surface area contributed by atoms with Crippen molar-refractivity contribution in [1.82, 2.24) is 20.1 Å². The Labute approximate surface area is 203 Å². The molecule has 1 atom stereocenters. The van der Waals surface area contributed by atoms with Crippen LogP contribution in [0.15, 0.2) is 79.3 Å². The average Bonchev–Trinajstić information content (AvgIpc) is 3.33. The maximum atomic E-state index is 13.2. The molecule has 0 spiro atoms. The number of pyridine rings is 1. The van der Waals surface area contributed by atoms with Crippen molar-refractivity contribution in [1.29, 1.82) is 10.5 Å². The van der Waals surface area contributed by atoms with Gasteiger partial charge in [-0.15, -0.1) is 0 Å². The van der Waals surface area contributed by atoms with E-state index >= 15 is 0 Å². The number of aromatic nitrogens is 3. The van der Waals surface area contributed by atoms with Crippen LogP contribution in [-0.4, -0.2) is 27.2 Å². The molecule has 0 bridgehead atoms. The molecule has 0 saturated heterocycles. The van der Waals surface area contributed by atoms with Gasteiger partial charge in [-0.3, -0.25) is 9.48 Å². The predicted molar refractivity (Wildman–Crippen MR) is 132 cm³/mol. The molecule has 0 aliphatic carbocycles. The van der Waals surface area contributed by atoms with Crippen LogP contribution in [0.25, 0.3) is 11.1 Å². The van der Waals surface area contributed by atoms with E-state index in [9.17, 15) is 4.79 Å². The molecule has 1 amide bonds. The van der Waals surface area contributed by atoms with Crippen molar-refractivity contribution in [2.45, 2.75) is 12.5 Å². The molecule has 2 aromatic heterocycles. The zero-order chi connectivity index (χ0) is 24.6. The number of carbonyl (C=O) groups is 1. The Morgan fingerprint density at radius 1 is 0.943 bits per heavy atom. The molecule has 4 aromatic rings. The van der Waals surface area contributed by atoms with E-state index in [1.165, 1.54) is 0 Å². The third-order valence-electron chi connectivity index (χ3n) is 5.53. The molecular formula is C27H23N7O. The van der Waals surface area contributed by atoms with Gasteiger partial charge in [-0.2, -0.15) is 15.6 Å². The first-order valence-corrected chi connectivity index (χ1v) is 11.0. The Bertz CT molecular complexity index is 1380. The zero-order valence-electron chi connectivity index (χ0n) is 19.1. The summed E-state index contributed by atoms with van der Waals surface area (Å²) in [6.45, 7) is 0.539. The van der Waals surface area contributed by atoms with Gasteiger partial charge in [-0.1, -0.05) is 24.3 Å². The molecular weight excluding hydrogens is 438 g/mol. The quantitative estimate of drug-likeness (QED) is 0.413. The van der Waals surface area contributed by atoms with Crippen LogP contribution in [0.5, 0.6) is 0 Å². The lowest BCUT2D eigenvalue weighted by atomic mass is 10.0. The van der Waals surface area contributed by atoms with E-state index in [1.54, 1.807) is 59.5 Å². The molecule has 0 fully saturated rings. The first kappa shape index (κ1) is 23.4. The molecule has 2 aromatic carbocycles. The number of benzene rings is 2. The summed E-state index contributed by atoms with van der Waals surface area (Å²) < 4.78 is 1.72. The van der Waals surface area contributed by atoms with Gasteiger partial charge in [0.05, 0.1) is 29.5 Å². The summed E-state index contributed by atoms with van der Waals surface area (Å²) in [6, 6.07) is 21.5. The maximum absolute atomic E-state index is 13.2. The van der Waals surface area contributed by atoms with Crippen LogP contribution in [0.3, 0.4) is 0 Å². The summed E-state index contributed by atoms with van der Waals surface area (Å²) >= 11 is 0. The lowest BCUT2D eigenvalue weighted by Gasteiger charge is -2.19. The first-order chi connectivity index (χ1) is 17.1. The van der Waals surface area contributed by atoms with Gasteiger partial charge in [0.2, 0.25) is 5.91 Å². The minimum atomic E-state index is -0.638. The van der Waals surface area contributed by atoms with E-state index in [1.807, 2.05) is 31.4 Å². The third-order valence-corrected chi connectivity index (χ3v) is 5.53. The minimum Gasteiger partial charge on any atom is -0.309 e. The fourth-order valence-electron chi connectivity index (χ4n) is 3.63. The second-order valence-corrected chi connectivity index (χ2v) is 8.00. The third kappa shape index (κ3) is 5.97. The highest BCUT2D eigenvalue weighted by atomic mass is 16.2. The van der Waals surface area contributed by atoms with Crippen molar-refractivity contribution in [3.8, 4) is 23.3 Å². The second kappa shape index (κ2) is 10.9. The highest BCUT2D eigenvalue weighted by molar-refractivity contribution is 5.95. The number of hydrogen-bond donors (Lipinski definition) is 2. The smallest absolute Gasteiger partial charge is 0.247 e.